The zero-order chi connectivity index (χ0) is 18.5. The van der Waals surface area contributed by atoms with E-state index in [4.69, 9.17) is 4.42 Å². The third kappa shape index (κ3) is 4.49. The Morgan fingerprint density at radius 3 is 2.50 bits per heavy atom. The van der Waals surface area contributed by atoms with Crippen molar-refractivity contribution in [1.82, 2.24) is 10.2 Å². The predicted octanol–water partition coefficient (Wildman–Crippen LogP) is 4.56. The molecule has 2 aromatic carbocycles. The molecule has 1 heterocycles. The van der Waals surface area contributed by atoms with Crippen LogP contribution in [0.15, 0.2) is 58.2 Å². The summed E-state index contributed by atoms with van der Waals surface area (Å²) in [5, 5.41) is 10.6. The average Bonchev–Trinajstić information content (AvgIpc) is 3.12. The van der Waals surface area contributed by atoms with Crippen LogP contribution in [0.1, 0.15) is 19.4 Å². The second-order valence-electron chi connectivity index (χ2n) is 5.68. The standard InChI is InChI=1S/C19H18FN3O2S/c1-3-13-4-6-14(7-5-13)18-22-23-19(25-18)26-12(2)17(24)21-16-10-8-15(20)9-11-16/h4-12H,3H2,1-2H3,(H,21,24)/t12-/m1/s1. The van der Waals surface area contributed by atoms with Crippen molar-refractivity contribution in [2.75, 3.05) is 5.32 Å². The fourth-order valence-corrected chi connectivity index (χ4v) is 2.92. The number of rotatable bonds is 6. The van der Waals surface area contributed by atoms with Gasteiger partial charge >= 0.3 is 0 Å². The number of hydrogen-bond donors (Lipinski definition) is 1. The van der Waals surface area contributed by atoms with Crippen LogP contribution in [0.3, 0.4) is 0 Å². The van der Waals surface area contributed by atoms with Gasteiger partial charge in [-0.15, -0.1) is 10.2 Å². The molecule has 0 fully saturated rings. The zero-order valence-electron chi connectivity index (χ0n) is 14.4. The van der Waals surface area contributed by atoms with Gasteiger partial charge in [0.05, 0.1) is 5.25 Å². The molecule has 5 nitrogen and oxygen atoms in total. The van der Waals surface area contributed by atoms with Crippen LogP contribution < -0.4 is 5.32 Å². The van der Waals surface area contributed by atoms with E-state index in [-0.39, 0.29) is 11.7 Å². The molecule has 7 heteroatoms. The molecule has 0 spiro atoms. The number of nitrogens with one attached hydrogen (secondary N) is 1. The molecule has 0 aliphatic heterocycles. The molecule has 3 rings (SSSR count). The summed E-state index contributed by atoms with van der Waals surface area (Å²) in [6.45, 7) is 3.83. The van der Waals surface area contributed by atoms with E-state index >= 15 is 0 Å². The second-order valence-corrected chi connectivity index (χ2v) is 6.97. The van der Waals surface area contributed by atoms with Crippen LogP contribution in [0.4, 0.5) is 10.1 Å². The lowest BCUT2D eigenvalue weighted by atomic mass is 10.1. The Morgan fingerprint density at radius 1 is 1.15 bits per heavy atom. The molecule has 1 aromatic heterocycles. The number of amides is 1. The first-order valence-corrected chi connectivity index (χ1v) is 9.09. The van der Waals surface area contributed by atoms with E-state index in [1.807, 2.05) is 24.3 Å². The molecule has 0 radical (unpaired) electrons. The fourth-order valence-electron chi connectivity index (χ4n) is 2.24. The van der Waals surface area contributed by atoms with Crippen molar-refractivity contribution in [2.45, 2.75) is 30.7 Å². The number of carbonyl (C=O) groups is 1. The van der Waals surface area contributed by atoms with Gasteiger partial charge in [0, 0.05) is 11.3 Å². The molecule has 0 aliphatic rings. The Morgan fingerprint density at radius 2 is 1.85 bits per heavy atom. The van der Waals surface area contributed by atoms with E-state index in [0.29, 0.717) is 16.8 Å². The summed E-state index contributed by atoms with van der Waals surface area (Å²) < 4.78 is 18.6. The summed E-state index contributed by atoms with van der Waals surface area (Å²) in [4.78, 5) is 12.2. The molecule has 1 atom stereocenters. The monoisotopic (exact) mass is 371 g/mol. The molecule has 0 unspecified atom stereocenters. The molecule has 3 aromatic rings. The van der Waals surface area contributed by atoms with Crippen molar-refractivity contribution in [3.63, 3.8) is 0 Å². The van der Waals surface area contributed by atoms with E-state index in [9.17, 15) is 9.18 Å². The Balaban J connectivity index is 1.62. The minimum absolute atomic E-state index is 0.228. The maximum Gasteiger partial charge on any atom is 0.277 e. The number of aryl methyl sites for hydroxylation is 1. The molecule has 0 bridgehead atoms. The Kier molecular flexibility index (Phi) is 5.68. The highest BCUT2D eigenvalue weighted by molar-refractivity contribution is 8.00. The van der Waals surface area contributed by atoms with Gasteiger partial charge in [0.15, 0.2) is 0 Å². The normalized spacial score (nSPS) is 12.0. The van der Waals surface area contributed by atoms with E-state index in [0.717, 1.165) is 12.0 Å². The summed E-state index contributed by atoms with van der Waals surface area (Å²) in [6.07, 6.45) is 0.964. The molecule has 134 valence electrons. The zero-order valence-corrected chi connectivity index (χ0v) is 15.2. The van der Waals surface area contributed by atoms with Gasteiger partial charge in [-0.05, 0) is 55.3 Å². The van der Waals surface area contributed by atoms with Gasteiger partial charge in [-0.25, -0.2) is 4.39 Å². The van der Waals surface area contributed by atoms with Crippen molar-refractivity contribution >= 4 is 23.4 Å². The predicted molar refractivity (Wildman–Crippen MR) is 99.5 cm³/mol. The van der Waals surface area contributed by atoms with Gasteiger partial charge in [0.1, 0.15) is 5.82 Å². The average molecular weight is 371 g/mol. The summed E-state index contributed by atoms with van der Waals surface area (Å²) >= 11 is 1.17. The first-order valence-electron chi connectivity index (χ1n) is 8.21. The second kappa shape index (κ2) is 8.14. The molecule has 1 N–H and O–H groups in total. The van der Waals surface area contributed by atoms with Crippen molar-refractivity contribution in [1.29, 1.82) is 0 Å². The third-order valence-electron chi connectivity index (χ3n) is 3.77. The van der Waals surface area contributed by atoms with Crippen molar-refractivity contribution < 1.29 is 13.6 Å². The van der Waals surface area contributed by atoms with Crippen molar-refractivity contribution in [3.05, 3.63) is 59.9 Å². The highest BCUT2D eigenvalue weighted by Gasteiger charge is 2.19. The number of nitrogens with zero attached hydrogens (tertiary/aromatic N) is 2. The molecular formula is C19H18FN3O2S. The van der Waals surface area contributed by atoms with E-state index in [1.165, 1.54) is 41.6 Å². The van der Waals surface area contributed by atoms with Gasteiger partial charge in [0.25, 0.3) is 5.22 Å². The molecule has 26 heavy (non-hydrogen) atoms. The molecule has 1 amide bonds. The number of halogens is 1. The van der Waals surface area contributed by atoms with Crippen LogP contribution in [0.5, 0.6) is 0 Å². The number of thioether (sulfide) groups is 1. The SMILES string of the molecule is CCc1ccc(-c2nnc(S[C@H](C)C(=O)Nc3ccc(F)cc3)o2)cc1. The fraction of sp³-hybridized carbons (Fsp3) is 0.211. The lowest BCUT2D eigenvalue weighted by Gasteiger charge is -2.09. The highest BCUT2D eigenvalue weighted by atomic mass is 32.2. The number of hydrogen-bond acceptors (Lipinski definition) is 5. The van der Waals surface area contributed by atoms with Gasteiger partial charge in [-0.1, -0.05) is 30.8 Å². The van der Waals surface area contributed by atoms with Gasteiger partial charge in [-0.3, -0.25) is 4.79 Å². The summed E-state index contributed by atoms with van der Waals surface area (Å²) in [5.74, 6) is -0.161. The maximum absolute atomic E-state index is 12.9. The Bertz CT molecular complexity index is 879. The Labute approximate surface area is 155 Å². The van der Waals surface area contributed by atoms with Crippen LogP contribution >= 0.6 is 11.8 Å². The largest absolute Gasteiger partial charge is 0.411 e. The number of anilines is 1. The minimum atomic E-state index is -0.448. The van der Waals surface area contributed by atoms with Crippen LogP contribution in [0.2, 0.25) is 0 Å². The maximum atomic E-state index is 12.9. The summed E-state index contributed by atoms with van der Waals surface area (Å²) in [6, 6.07) is 13.5. The van der Waals surface area contributed by atoms with Crippen molar-refractivity contribution in [2.24, 2.45) is 0 Å². The van der Waals surface area contributed by atoms with Crippen LogP contribution in [0, 0.1) is 5.82 Å². The highest BCUT2D eigenvalue weighted by Crippen LogP contribution is 2.27. The lowest BCUT2D eigenvalue weighted by molar-refractivity contribution is -0.115. The van der Waals surface area contributed by atoms with Gasteiger partial charge in [-0.2, -0.15) is 0 Å². The Hall–Kier alpha value is -2.67. The first-order chi connectivity index (χ1) is 12.5. The van der Waals surface area contributed by atoms with Crippen LogP contribution in [-0.4, -0.2) is 21.4 Å². The minimum Gasteiger partial charge on any atom is -0.411 e. The molecule has 0 saturated carbocycles. The van der Waals surface area contributed by atoms with E-state index in [2.05, 4.69) is 22.4 Å². The van der Waals surface area contributed by atoms with Crippen molar-refractivity contribution in [3.8, 4) is 11.5 Å². The number of aromatic nitrogens is 2. The van der Waals surface area contributed by atoms with E-state index < -0.39 is 5.25 Å². The van der Waals surface area contributed by atoms with Gasteiger partial charge < -0.3 is 9.73 Å². The van der Waals surface area contributed by atoms with Crippen LogP contribution in [-0.2, 0) is 11.2 Å². The van der Waals surface area contributed by atoms with E-state index in [1.54, 1.807) is 6.92 Å². The van der Waals surface area contributed by atoms with Crippen LogP contribution in [0.25, 0.3) is 11.5 Å². The quantitative estimate of drug-likeness (QED) is 0.644. The van der Waals surface area contributed by atoms with Gasteiger partial charge in [0.2, 0.25) is 11.8 Å². The lowest BCUT2D eigenvalue weighted by Crippen LogP contribution is -2.22. The third-order valence-corrected chi connectivity index (χ3v) is 4.71. The molecule has 0 saturated heterocycles. The topological polar surface area (TPSA) is 68.0 Å². The molecular weight excluding hydrogens is 353 g/mol. The number of benzene rings is 2. The first kappa shape index (κ1) is 18.1. The summed E-state index contributed by atoms with van der Waals surface area (Å²) in [7, 11) is 0. The number of carbonyl (C=O) groups excluding carboxylic acids is 1. The summed E-state index contributed by atoms with van der Waals surface area (Å²) in [5.41, 5.74) is 2.60. The molecule has 0 aliphatic carbocycles. The smallest absolute Gasteiger partial charge is 0.277 e.